The highest BCUT2D eigenvalue weighted by Gasteiger charge is 2.02. The van der Waals surface area contributed by atoms with Crippen molar-refractivity contribution in [3.05, 3.63) is 26.6 Å². The van der Waals surface area contributed by atoms with Crippen molar-refractivity contribution in [3.8, 4) is 0 Å². The van der Waals surface area contributed by atoms with Crippen LogP contribution < -0.4 is 5.69 Å². The number of hydrogen-bond donors (Lipinski definition) is 2. The lowest BCUT2D eigenvalue weighted by atomic mass is 10.6. The van der Waals surface area contributed by atoms with Crippen LogP contribution >= 0.6 is 23.1 Å². The van der Waals surface area contributed by atoms with Crippen LogP contribution in [0.2, 0.25) is 0 Å². The van der Waals surface area contributed by atoms with Crippen molar-refractivity contribution in [2.45, 2.75) is 17.8 Å². The predicted octanol–water partition coefficient (Wildman–Crippen LogP) is 1.16. The van der Waals surface area contributed by atoms with Crippen LogP contribution in [0, 0.1) is 6.92 Å². The zero-order chi connectivity index (χ0) is 9.97. The predicted molar refractivity (Wildman–Crippen MR) is 55.6 cm³/mol. The average Bonchev–Trinajstić information content (AvgIpc) is 2.72. The molecule has 0 aliphatic carbocycles. The molecule has 14 heavy (non-hydrogen) atoms. The third-order valence-corrected chi connectivity index (χ3v) is 3.46. The van der Waals surface area contributed by atoms with Gasteiger partial charge in [-0.1, -0.05) is 11.8 Å². The molecular weight excluding hydrogens is 220 g/mol. The largest absolute Gasteiger partial charge is 0.341 e. The molecule has 2 N–H and O–H groups in total. The van der Waals surface area contributed by atoms with E-state index in [0.29, 0.717) is 5.16 Å². The molecule has 2 aromatic heterocycles. The standard InChI is InChI=1S/C7H8N4OS2/c1-4-2-8-5(14-4)3-13-7-9-6(12)10-11-7/h2H,3H2,1H3,(H2,9,10,11,12). The topological polar surface area (TPSA) is 74.4 Å². The molecule has 5 nitrogen and oxygen atoms in total. The number of H-pyrrole nitrogens is 2. The SMILES string of the molecule is Cc1cnc(CSc2n[nH]c(=O)[nH]2)s1. The average molecular weight is 228 g/mol. The van der Waals surface area contributed by atoms with Crippen molar-refractivity contribution in [2.75, 3.05) is 0 Å². The number of aromatic nitrogens is 4. The zero-order valence-electron chi connectivity index (χ0n) is 7.40. The number of aryl methyl sites for hydroxylation is 1. The summed E-state index contributed by atoms with van der Waals surface area (Å²) >= 11 is 3.11. The molecule has 0 saturated carbocycles. The Morgan fingerprint density at radius 3 is 3.07 bits per heavy atom. The van der Waals surface area contributed by atoms with Crippen molar-refractivity contribution < 1.29 is 0 Å². The normalized spacial score (nSPS) is 10.6. The molecule has 0 aliphatic heterocycles. The van der Waals surface area contributed by atoms with Gasteiger partial charge in [-0.2, -0.15) is 0 Å². The van der Waals surface area contributed by atoms with E-state index in [-0.39, 0.29) is 5.69 Å². The van der Waals surface area contributed by atoms with Crippen LogP contribution in [0.1, 0.15) is 9.88 Å². The van der Waals surface area contributed by atoms with Crippen LogP contribution in [0.15, 0.2) is 16.1 Å². The molecule has 0 bridgehead atoms. The van der Waals surface area contributed by atoms with Gasteiger partial charge in [0.05, 0.1) is 5.75 Å². The number of hydrogen-bond acceptors (Lipinski definition) is 5. The number of rotatable bonds is 3. The van der Waals surface area contributed by atoms with E-state index in [1.807, 2.05) is 13.1 Å². The number of thioether (sulfide) groups is 1. The zero-order valence-corrected chi connectivity index (χ0v) is 9.04. The third-order valence-electron chi connectivity index (χ3n) is 1.48. The molecule has 0 amide bonds. The van der Waals surface area contributed by atoms with E-state index in [1.165, 1.54) is 16.6 Å². The summed E-state index contributed by atoms with van der Waals surface area (Å²) in [6.07, 6.45) is 1.84. The second-order valence-electron chi connectivity index (χ2n) is 2.64. The highest BCUT2D eigenvalue weighted by molar-refractivity contribution is 7.98. The van der Waals surface area contributed by atoms with Crippen LogP contribution in [-0.2, 0) is 5.75 Å². The quantitative estimate of drug-likeness (QED) is 0.773. The summed E-state index contributed by atoms with van der Waals surface area (Å²) in [5.74, 6) is 0.735. The molecule has 0 aromatic carbocycles. The van der Waals surface area contributed by atoms with Gasteiger partial charge in [0.2, 0.25) is 0 Å². The van der Waals surface area contributed by atoms with Gasteiger partial charge < -0.3 is 0 Å². The molecule has 74 valence electrons. The van der Waals surface area contributed by atoms with Gasteiger partial charge >= 0.3 is 5.69 Å². The Labute approximate surface area is 88.0 Å². The van der Waals surface area contributed by atoms with E-state index >= 15 is 0 Å². The summed E-state index contributed by atoms with van der Waals surface area (Å²) in [6, 6.07) is 0. The molecule has 0 fully saturated rings. The molecule has 2 aromatic rings. The molecule has 2 heterocycles. The van der Waals surface area contributed by atoms with Crippen molar-refractivity contribution in [3.63, 3.8) is 0 Å². The maximum absolute atomic E-state index is 10.7. The van der Waals surface area contributed by atoms with Crippen LogP contribution in [0.4, 0.5) is 0 Å². The Morgan fingerprint density at radius 2 is 2.50 bits per heavy atom. The van der Waals surface area contributed by atoms with Gasteiger partial charge in [0.15, 0.2) is 5.16 Å². The van der Waals surface area contributed by atoms with Gasteiger partial charge in [-0.25, -0.2) is 14.9 Å². The first kappa shape index (κ1) is 9.47. The summed E-state index contributed by atoms with van der Waals surface area (Å²) in [5.41, 5.74) is -0.275. The molecule has 0 saturated heterocycles. The molecular formula is C7H8N4OS2. The molecule has 0 atom stereocenters. The summed E-state index contributed by atoms with van der Waals surface area (Å²) < 4.78 is 0. The molecule has 2 rings (SSSR count). The van der Waals surface area contributed by atoms with E-state index in [1.54, 1.807) is 11.3 Å². The summed E-state index contributed by atoms with van der Waals surface area (Å²) in [7, 11) is 0. The molecule has 0 radical (unpaired) electrons. The van der Waals surface area contributed by atoms with Crippen LogP contribution in [0.25, 0.3) is 0 Å². The van der Waals surface area contributed by atoms with Crippen molar-refractivity contribution in [2.24, 2.45) is 0 Å². The van der Waals surface area contributed by atoms with E-state index in [4.69, 9.17) is 0 Å². The fraction of sp³-hybridized carbons (Fsp3) is 0.286. The Morgan fingerprint density at radius 1 is 1.64 bits per heavy atom. The number of thiazole rings is 1. The fourth-order valence-corrected chi connectivity index (χ4v) is 2.53. The van der Waals surface area contributed by atoms with E-state index in [0.717, 1.165) is 10.8 Å². The first-order valence-electron chi connectivity index (χ1n) is 3.93. The van der Waals surface area contributed by atoms with Gasteiger partial charge in [0.25, 0.3) is 0 Å². The van der Waals surface area contributed by atoms with E-state index in [2.05, 4.69) is 20.2 Å². The maximum Gasteiger partial charge on any atom is 0.341 e. The molecule has 0 aliphatic rings. The minimum Gasteiger partial charge on any atom is -0.284 e. The lowest BCUT2D eigenvalue weighted by Gasteiger charge is -1.90. The summed E-state index contributed by atoms with van der Waals surface area (Å²) in [4.78, 5) is 18.7. The third kappa shape index (κ3) is 2.24. The minimum absolute atomic E-state index is 0.275. The van der Waals surface area contributed by atoms with Gasteiger partial charge in [-0.3, -0.25) is 4.98 Å². The second kappa shape index (κ2) is 3.97. The fourth-order valence-electron chi connectivity index (χ4n) is 0.921. The Bertz CT molecular complexity index is 472. The highest BCUT2D eigenvalue weighted by Crippen LogP contribution is 2.20. The molecule has 7 heteroatoms. The van der Waals surface area contributed by atoms with E-state index < -0.39 is 0 Å². The molecule has 0 spiro atoms. The highest BCUT2D eigenvalue weighted by atomic mass is 32.2. The van der Waals surface area contributed by atoms with Gasteiger partial charge in [-0.15, -0.1) is 16.4 Å². The van der Waals surface area contributed by atoms with Crippen molar-refractivity contribution in [1.29, 1.82) is 0 Å². The van der Waals surface area contributed by atoms with Gasteiger partial charge in [0, 0.05) is 11.1 Å². The summed E-state index contributed by atoms with van der Waals surface area (Å²) in [6.45, 7) is 2.02. The Kier molecular flexibility index (Phi) is 2.69. The lowest BCUT2D eigenvalue weighted by Crippen LogP contribution is -2.00. The summed E-state index contributed by atoms with van der Waals surface area (Å²) in [5, 5.41) is 7.73. The first-order chi connectivity index (χ1) is 6.74. The van der Waals surface area contributed by atoms with Crippen molar-refractivity contribution in [1.82, 2.24) is 20.2 Å². The lowest BCUT2D eigenvalue weighted by molar-refractivity contribution is 0.969. The first-order valence-corrected chi connectivity index (χ1v) is 5.73. The van der Waals surface area contributed by atoms with Gasteiger partial charge in [0.1, 0.15) is 5.01 Å². The Balaban J connectivity index is 1.98. The number of nitrogens with zero attached hydrogens (tertiary/aromatic N) is 2. The number of aromatic amines is 2. The monoisotopic (exact) mass is 228 g/mol. The second-order valence-corrected chi connectivity index (χ2v) is 4.92. The molecule has 0 unspecified atom stereocenters. The van der Waals surface area contributed by atoms with Crippen LogP contribution in [0.5, 0.6) is 0 Å². The minimum atomic E-state index is -0.275. The van der Waals surface area contributed by atoms with Crippen LogP contribution in [0.3, 0.4) is 0 Å². The van der Waals surface area contributed by atoms with Gasteiger partial charge in [-0.05, 0) is 6.92 Å². The van der Waals surface area contributed by atoms with Crippen LogP contribution in [-0.4, -0.2) is 20.2 Å². The Hall–Kier alpha value is -1.08. The number of nitrogens with one attached hydrogen (secondary N) is 2. The van der Waals surface area contributed by atoms with Crippen molar-refractivity contribution >= 4 is 23.1 Å². The maximum atomic E-state index is 10.7. The van der Waals surface area contributed by atoms with E-state index in [9.17, 15) is 4.79 Å². The smallest absolute Gasteiger partial charge is 0.284 e.